The SMILES string of the molecule is CCOc1ccc(NC(=O)CSCCO)cc1OCC. The minimum absolute atomic E-state index is 0.0789. The van der Waals surface area contributed by atoms with E-state index in [1.54, 1.807) is 18.2 Å². The topological polar surface area (TPSA) is 67.8 Å². The Balaban J connectivity index is 2.66. The van der Waals surface area contributed by atoms with Crippen LogP contribution in [0.5, 0.6) is 11.5 Å². The highest BCUT2D eigenvalue weighted by molar-refractivity contribution is 7.99. The number of nitrogens with one attached hydrogen (secondary N) is 1. The van der Waals surface area contributed by atoms with Gasteiger partial charge in [0.25, 0.3) is 0 Å². The highest BCUT2D eigenvalue weighted by atomic mass is 32.2. The van der Waals surface area contributed by atoms with Gasteiger partial charge in [-0.25, -0.2) is 0 Å². The van der Waals surface area contributed by atoms with Gasteiger partial charge in [-0.2, -0.15) is 0 Å². The Morgan fingerprint density at radius 1 is 1.25 bits per heavy atom. The largest absolute Gasteiger partial charge is 0.490 e. The van der Waals surface area contributed by atoms with Crippen molar-refractivity contribution in [2.45, 2.75) is 13.8 Å². The fourth-order valence-electron chi connectivity index (χ4n) is 1.56. The van der Waals surface area contributed by atoms with E-state index in [9.17, 15) is 4.79 Å². The number of aliphatic hydroxyl groups excluding tert-OH is 1. The van der Waals surface area contributed by atoms with Crippen molar-refractivity contribution in [2.24, 2.45) is 0 Å². The number of thioether (sulfide) groups is 1. The molecule has 20 heavy (non-hydrogen) atoms. The summed E-state index contributed by atoms with van der Waals surface area (Å²) < 4.78 is 11.0. The van der Waals surface area contributed by atoms with Crippen molar-refractivity contribution in [2.75, 3.05) is 36.6 Å². The minimum Gasteiger partial charge on any atom is -0.490 e. The van der Waals surface area contributed by atoms with Gasteiger partial charge in [0.2, 0.25) is 5.91 Å². The number of aliphatic hydroxyl groups is 1. The van der Waals surface area contributed by atoms with E-state index in [0.29, 0.717) is 41.9 Å². The summed E-state index contributed by atoms with van der Waals surface area (Å²) >= 11 is 1.39. The third-order valence-electron chi connectivity index (χ3n) is 2.30. The lowest BCUT2D eigenvalue weighted by molar-refractivity contribution is -0.113. The molecule has 0 atom stereocenters. The van der Waals surface area contributed by atoms with Crippen LogP contribution in [-0.4, -0.2) is 42.3 Å². The number of ether oxygens (including phenoxy) is 2. The molecule has 0 aromatic heterocycles. The van der Waals surface area contributed by atoms with E-state index in [4.69, 9.17) is 14.6 Å². The van der Waals surface area contributed by atoms with E-state index in [0.717, 1.165) is 0 Å². The molecule has 1 aromatic carbocycles. The first-order valence-electron chi connectivity index (χ1n) is 6.59. The summed E-state index contributed by atoms with van der Waals surface area (Å²) in [5.74, 6) is 2.06. The predicted molar refractivity (Wildman–Crippen MR) is 81.8 cm³/mol. The number of hydrogen-bond acceptors (Lipinski definition) is 5. The highest BCUT2D eigenvalue weighted by Gasteiger charge is 2.08. The zero-order chi connectivity index (χ0) is 14.8. The number of rotatable bonds is 9. The Kier molecular flexibility index (Phi) is 7.91. The van der Waals surface area contributed by atoms with Gasteiger partial charge in [-0.05, 0) is 26.0 Å². The number of benzene rings is 1. The molecule has 0 aliphatic heterocycles. The van der Waals surface area contributed by atoms with E-state index in [1.807, 2.05) is 13.8 Å². The maximum Gasteiger partial charge on any atom is 0.234 e. The van der Waals surface area contributed by atoms with Crippen molar-refractivity contribution in [1.29, 1.82) is 0 Å². The van der Waals surface area contributed by atoms with Gasteiger partial charge in [0.05, 0.1) is 25.6 Å². The standard InChI is InChI=1S/C14H21NO4S/c1-3-18-12-6-5-11(9-13(12)19-4-2)15-14(17)10-20-8-7-16/h5-6,9,16H,3-4,7-8,10H2,1-2H3,(H,15,17). The number of carbonyl (C=O) groups excluding carboxylic acids is 1. The van der Waals surface area contributed by atoms with Gasteiger partial charge >= 0.3 is 0 Å². The summed E-state index contributed by atoms with van der Waals surface area (Å²) in [7, 11) is 0. The number of anilines is 1. The zero-order valence-corrected chi connectivity index (χ0v) is 12.7. The first-order valence-corrected chi connectivity index (χ1v) is 7.74. The van der Waals surface area contributed by atoms with Crippen molar-refractivity contribution in [3.8, 4) is 11.5 Å². The first kappa shape index (κ1) is 16.7. The normalized spacial score (nSPS) is 10.2. The van der Waals surface area contributed by atoms with Gasteiger partial charge in [0.15, 0.2) is 11.5 Å². The van der Waals surface area contributed by atoms with E-state index in [2.05, 4.69) is 5.32 Å². The van der Waals surface area contributed by atoms with Crippen molar-refractivity contribution in [3.63, 3.8) is 0 Å². The van der Waals surface area contributed by atoms with Crippen LogP contribution in [-0.2, 0) is 4.79 Å². The molecule has 0 unspecified atom stereocenters. The second-order valence-electron chi connectivity index (χ2n) is 3.85. The molecule has 0 saturated heterocycles. The molecule has 0 saturated carbocycles. The van der Waals surface area contributed by atoms with Crippen LogP contribution in [0.2, 0.25) is 0 Å². The molecule has 0 aliphatic rings. The van der Waals surface area contributed by atoms with E-state index in [-0.39, 0.29) is 12.5 Å². The van der Waals surface area contributed by atoms with Gasteiger partial charge in [-0.1, -0.05) is 0 Å². The fraction of sp³-hybridized carbons (Fsp3) is 0.500. The number of amides is 1. The molecule has 0 radical (unpaired) electrons. The summed E-state index contributed by atoms with van der Waals surface area (Å²) in [4.78, 5) is 11.7. The van der Waals surface area contributed by atoms with Crippen LogP contribution in [0, 0.1) is 0 Å². The summed E-state index contributed by atoms with van der Waals surface area (Å²) in [5, 5.41) is 11.5. The average molecular weight is 299 g/mol. The van der Waals surface area contributed by atoms with Crippen molar-refractivity contribution >= 4 is 23.4 Å². The van der Waals surface area contributed by atoms with Crippen molar-refractivity contribution < 1.29 is 19.4 Å². The Morgan fingerprint density at radius 3 is 2.60 bits per heavy atom. The summed E-state index contributed by atoms with van der Waals surface area (Å²) in [6.07, 6.45) is 0. The van der Waals surface area contributed by atoms with Crippen LogP contribution >= 0.6 is 11.8 Å². The van der Waals surface area contributed by atoms with E-state index in [1.165, 1.54) is 11.8 Å². The molecule has 1 aromatic rings. The molecule has 1 rings (SSSR count). The molecule has 0 spiro atoms. The van der Waals surface area contributed by atoms with E-state index < -0.39 is 0 Å². The Morgan fingerprint density at radius 2 is 1.95 bits per heavy atom. The molecule has 0 aliphatic carbocycles. The number of carbonyl (C=O) groups is 1. The molecule has 0 fully saturated rings. The Hall–Kier alpha value is -1.40. The minimum atomic E-state index is -0.102. The molecule has 5 nitrogen and oxygen atoms in total. The van der Waals surface area contributed by atoms with Gasteiger partial charge in [-0.3, -0.25) is 4.79 Å². The first-order chi connectivity index (χ1) is 9.71. The third kappa shape index (κ3) is 5.71. The predicted octanol–water partition coefficient (Wildman–Crippen LogP) is 2.15. The van der Waals surface area contributed by atoms with Crippen LogP contribution in [0.1, 0.15) is 13.8 Å². The van der Waals surface area contributed by atoms with Gasteiger partial charge in [0.1, 0.15) is 0 Å². The third-order valence-corrected chi connectivity index (χ3v) is 3.23. The zero-order valence-electron chi connectivity index (χ0n) is 11.8. The van der Waals surface area contributed by atoms with Crippen LogP contribution < -0.4 is 14.8 Å². The average Bonchev–Trinajstić information content (AvgIpc) is 2.42. The van der Waals surface area contributed by atoms with Crippen molar-refractivity contribution in [1.82, 2.24) is 0 Å². The van der Waals surface area contributed by atoms with Crippen LogP contribution in [0.3, 0.4) is 0 Å². The molecule has 0 bridgehead atoms. The highest BCUT2D eigenvalue weighted by Crippen LogP contribution is 2.30. The van der Waals surface area contributed by atoms with Crippen LogP contribution in [0.4, 0.5) is 5.69 Å². The quantitative estimate of drug-likeness (QED) is 0.684. The van der Waals surface area contributed by atoms with Gasteiger partial charge < -0.3 is 19.9 Å². The lowest BCUT2D eigenvalue weighted by Gasteiger charge is -2.13. The van der Waals surface area contributed by atoms with Crippen LogP contribution in [0.25, 0.3) is 0 Å². The molecule has 6 heteroatoms. The molecule has 1 amide bonds. The Labute approximate surface area is 123 Å². The van der Waals surface area contributed by atoms with Crippen molar-refractivity contribution in [3.05, 3.63) is 18.2 Å². The van der Waals surface area contributed by atoms with Gasteiger partial charge in [0, 0.05) is 17.5 Å². The second-order valence-corrected chi connectivity index (χ2v) is 4.96. The molecule has 2 N–H and O–H groups in total. The lowest BCUT2D eigenvalue weighted by Crippen LogP contribution is -2.14. The number of hydrogen-bond donors (Lipinski definition) is 2. The molecular formula is C14H21NO4S. The molecule has 112 valence electrons. The van der Waals surface area contributed by atoms with Gasteiger partial charge in [-0.15, -0.1) is 11.8 Å². The molecule has 0 heterocycles. The summed E-state index contributed by atoms with van der Waals surface area (Å²) in [6.45, 7) is 4.97. The monoisotopic (exact) mass is 299 g/mol. The maximum absolute atomic E-state index is 11.7. The Bertz CT molecular complexity index is 426. The van der Waals surface area contributed by atoms with Crippen LogP contribution in [0.15, 0.2) is 18.2 Å². The van der Waals surface area contributed by atoms with E-state index >= 15 is 0 Å². The second kappa shape index (κ2) is 9.50. The lowest BCUT2D eigenvalue weighted by atomic mass is 10.2. The maximum atomic E-state index is 11.7. The summed E-state index contributed by atoms with van der Waals surface area (Å²) in [5.41, 5.74) is 0.673. The molecular weight excluding hydrogens is 278 g/mol. The smallest absolute Gasteiger partial charge is 0.234 e. The fourth-order valence-corrected chi connectivity index (χ4v) is 2.09. The summed E-state index contributed by atoms with van der Waals surface area (Å²) in [6, 6.07) is 5.32.